The van der Waals surface area contributed by atoms with Crippen LogP contribution in [0.1, 0.15) is 0 Å². The minimum absolute atomic E-state index is 0.00866. The summed E-state index contributed by atoms with van der Waals surface area (Å²) in [4.78, 5) is -0.00866. The van der Waals surface area contributed by atoms with E-state index in [9.17, 15) is 23.7 Å². The molecule has 0 saturated heterocycles. The first-order valence-corrected chi connectivity index (χ1v) is 7.26. The van der Waals surface area contributed by atoms with E-state index in [-0.39, 0.29) is 10.6 Å². The molecule has 0 aromatic heterocycles. The van der Waals surface area contributed by atoms with Crippen molar-refractivity contribution in [3.05, 3.63) is 18.2 Å². The van der Waals surface area contributed by atoms with E-state index in [0.717, 1.165) is 0 Å². The van der Waals surface area contributed by atoms with Crippen molar-refractivity contribution in [2.45, 2.75) is 10.4 Å². The van der Waals surface area contributed by atoms with Gasteiger partial charge in [-0.3, -0.25) is 0 Å². The molecular weight excluding hydrogens is 286 g/mol. The summed E-state index contributed by atoms with van der Waals surface area (Å²) in [7, 11) is -2.32. The molecular formula is C11H19N3O5S. The maximum atomic E-state index is 11.6. The van der Waals surface area contributed by atoms with E-state index < -0.39 is 35.4 Å². The predicted octanol–water partition coefficient (Wildman–Crippen LogP) is -1.70. The summed E-state index contributed by atoms with van der Waals surface area (Å²) >= 11 is 0. The van der Waals surface area contributed by atoms with Gasteiger partial charge in [-0.25, -0.2) is 13.1 Å². The van der Waals surface area contributed by atoms with E-state index in [0.29, 0.717) is 5.69 Å². The lowest BCUT2D eigenvalue weighted by Crippen LogP contribution is -2.49. The van der Waals surface area contributed by atoms with Crippen molar-refractivity contribution in [3.8, 4) is 0 Å². The van der Waals surface area contributed by atoms with Crippen LogP contribution in [0.15, 0.2) is 23.1 Å². The first-order chi connectivity index (χ1) is 9.34. The second kappa shape index (κ2) is 6.37. The molecule has 8 nitrogen and oxygen atoms in total. The lowest BCUT2D eigenvalue weighted by molar-refractivity contribution is 0.0834. The third-order valence-electron chi connectivity index (χ3n) is 2.91. The van der Waals surface area contributed by atoms with E-state index in [4.69, 9.17) is 5.73 Å². The second-order valence-corrected chi connectivity index (χ2v) is 6.22. The third-order valence-corrected chi connectivity index (χ3v) is 4.32. The predicted molar refractivity (Wildman–Crippen MR) is 74.7 cm³/mol. The van der Waals surface area contributed by atoms with Crippen LogP contribution in [0.25, 0.3) is 0 Å². The van der Waals surface area contributed by atoms with E-state index in [1.807, 2.05) is 0 Å². The molecule has 0 unspecified atom stereocenters. The highest BCUT2D eigenvalue weighted by molar-refractivity contribution is 7.89. The number of benzene rings is 1. The highest BCUT2D eigenvalue weighted by Gasteiger charge is 2.28. The molecule has 0 amide bonds. The van der Waals surface area contributed by atoms with Crippen molar-refractivity contribution in [2.24, 2.45) is 0 Å². The van der Waals surface area contributed by atoms with Crippen LogP contribution < -0.4 is 15.8 Å². The van der Waals surface area contributed by atoms with Gasteiger partial charge in [0.05, 0.1) is 36.1 Å². The molecule has 20 heavy (non-hydrogen) atoms. The molecule has 0 heterocycles. The van der Waals surface area contributed by atoms with Gasteiger partial charge in [0.2, 0.25) is 10.0 Å². The van der Waals surface area contributed by atoms with Gasteiger partial charge in [-0.2, -0.15) is 0 Å². The van der Waals surface area contributed by atoms with Crippen LogP contribution in [-0.2, 0) is 10.0 Å². The van der Waals surface area contributed by atoms with E-state index in [2.05, 4.69) is 10.0 Å². The summed E-state index contributed by atoms with van der Waals surface area (Å²) in [5.41, 5.74) is 4.82. The van der Waals surface area contributed by atoms with Crippen LogP contribution in [0, 0.1) is 0 Å². The summed E-state index contributed by atoms with van der Waals surface area (Å²) < 4.78 is 25.4. The maximum absolute atomic E-state index is 11.6. The van der Waals surface area contributed by atoms with Crippen LogP contribution in [0.4, 0.5) is 11.4 Å². The summed E-state index contributed by atoms with van der Waals surface area (Å²) in [5.74, 6) is 0. The molecule has 0 aliphatic heterocycles. The van der Waals surface area contributed by atoms with Crippen LogP contribution in [-0.4, -0.2) is 56.1 Å². The first-order valence-electron chi connectivity index (χ1n) is 5.78. The number of aliphatic hydroxyl groups is 3. The van der Waals surface area contributed by atoms with Gasteiger partial charge in [0, 0.05) is 0 Å². The fourth-order valence-corrected chi connectivity index (χ4v) is 2.26. The van der Waals surface area contributed by atoms with Crippen molar-refractivity contribution in [3.63, 3.8) is 0 Å². The van der Waals surface area contributed by atoms with Gasteiger partial charge in [0.15, 0.2) is 0 Å². The van der Waals surface area contributed by atoms with Gasteiger partial charge >= 0.3 is 0 Å². The molecule has 1 aromatic rings. The molecule has 0 radical (unpaired) electrons. The molecule has 0 aliphatic rings. The lowest BCUT2D eigenvalue weighted by Gasteiger charge is -2.30. The maximum Gasteiger partial charge on any atom is 0.240 e. The molecule has 0 saturated carbocycles. The van der Waals surface area contributed by atoms with Gasteiger partial charge in [-0.05, 0) is 25.2 Å². The Hall–Kier alpha value is -1.39. The zero-order valence-electron chi connectivity index (χ0n) is 11.0. The molecule has 9 heteroatoms. The molecule has 1 aromatic carbocycles. The Bertz CT molecular complexity index is 549. The molecule has 7 N–H and O–H groups in total. The number of nitrogens with one attached hydrogen (secondary N) is 2. The van der Waals surface area contributed by atoms with Crippen LogP contribution in [0.2, 0.25) is 0 Å². The number of hydrogen-bond acceptors (Lipinski definition) is 7. The highest BCUT2D eigenvalue weighted by Crippen LogP contribution is 2.25. The normalized spacial score (nSPS) is 12.4. The van der Waals surface area contributed by atoms with Crippen molar-refractivity contribution >= 4 is 21.4 Å². The summed E-state index contributed by atoms with van der Waals surface area (Å²) in [6.45, 7) is -1.55. The van der Waals surface area contributed by atoms with E-state index in [1.165, 1.54) is 25.2 Å². The van der Waals surface area contributed by atoms with Gasteiger partial charge in [-0.15, -0.1) is 0 Å². The number of sulfonamides is 1. The molecule has 0 atom stereocenters. The van der Waals surface area contributed by atoms with Crippen molar-refractivity contribution in [2.75, 3.05) is 37.9 Å². The smallest absolute Gasteiger partial charge is 0.240 e. The quantitative estimate of drug-likeness (QED) is 0.329. The van der Waals surface area contributed by atoms with Crippen LogP contribution in [0.3, 0.4) is 0 Å². The Morgan fingerprint density at radius 3 is 2.15 bits per heavy atom. The second-order valence-electron chi connectivity index (χ2n) is 4.34. The summed E-state index contributed by atoms with van der Waals surface area (Å²) in [6, 6.07) is 3.96. The number of anilines is 2. The number of nitrogen functional groups attached to an aromatic ring is 1. The highest BCUT2D eigenvalue weighted by atomic mass is 32.2. The number of rotatable bonds is 7. The SMILES string of the molecule is CNS(=O)(=O)c1ccc(NC(CO)(CO)CO)c(N)c1. The van der Waals surface area contributed by atoms with Crippen LogP contribution in [0.5, 0.6) is 0 Å². The minimum atomic E-state index is -3.60. The first kappa shape index (κ1) is 16.7. The van der Waals surface area contributed by atoms with Gasteiger partial charge < -0.3 is 26.4 Å². The molecule has 0 fully saturated rings. The van der Waals surface area contributed by atoms with Crippen molar-refractivity contribution < 1.29 is 23.7 Å². The summed E-state index contributed by atoms with van der Waals surface area (Å²) in [6.07, 6.45) is 0. The molecule has 0 bridgehead atoms. The van der Waals surface area contributed by atoms with Crippen molar-refractivity contribution in [1.82, 2.24) is 4.72 Å². The fraction of sp³-hybridized carbons (Fsp3) is 0.455. The average Bonchev–Trinajstić information content (AvgIpc) is 2.46. The van der Waals surface area contributed by atoms with Crippen LogP contribution >= 0.6 is 0 Å². The Labute approximate surface area is 117 Å². The van der Waals surface area contributed by atoms with Gasteiger partial charge in [0.1, 0.15) is 5.54 Å². The van der Waals surface area contributed by atoms with E-state index in [1.54, 1.807) is 0 Å². The van der Waals surface area contributed by atoms with E-state index >= 15 is 0 Å². The minimum Gasteiger partial charge on any atom is -0.397 e. The zero-order chi connectivity index (χ0) is 15.4. The van der Waals surface area contributed by atoms with Gasteiger partial charge in [0.25, 0.3) is 0 Å². The number of nitrogens with two attached hydrogens (primary N) is 1. The molecule has 1 rings (SSSR count). The average molecular weight is 305 g/mol. The number of aliphatic hydroxyl groups excluding tert-OH is 3. The summed E-state index contributed by atoms with van der Waals surface area (Å²) in [5, 5.41) is 30.4. The third kappa shape index (κ3) is 3.38. The monoisotopic (exact) mass is 305 g/mol. The molecule has 0 aliphatic carbocycles. The Morgan fingerprint density at radius 1 is 1.20 bits per heavy atom. The topological polar surface area (TPSA) is 145 Å². The lowest BCUT2D eigenvalue weighted by atomic mass is 10.0. The Morgan fingerprint density at radius 2 is 1.75 bits per heavy atom. The number of hydrogen-bond donors (Lipinski definition) is 6. The molecule has 114 valence electrons. The zero-order valence-corrected chi connectivity index (χ0v) is 11.8. The largest absolute Gasteiger partial charge is 0.397 e. The van der Waals surface area contributed by atoms with Gasteiger partial charge in [-0.1, -0.05) is 0 Å². The van der Waals surface area contributed by atoms with Crippen molar-refractivity contribution in [1.29, 1.82) is 0 Å². The Kier molecular flexibility index (Phi) is 5.31. The Balaban J connectivity index is 3.12. The standard InChI is InChI=1S/C11H19N3O5S/c1-13-20(18,19)8-2-3-10(9(12)4-8)14-11(5-15,6-16)7-17/h2-4,13-17H,5-7,12H2,1H3. The molecule has 0 spiro atoms. The fourth-order valence-electron chi connectivity index (χ4n) is 1.49.